The van der Waals surface area contributed by atoms with Gasteiger partial charge in [0.1, 0.15) is 11.5 Å². The number of methoxy groups -OCH3 is 2. The van der Waals surface area contributed by atoms with Gasteiger partial charge in [-0.3, -0.25) is 4.99 Å². The number of aliphatic imine (C=N–C) groups is 1. The van der Waals surface area contributed by atoms with Crippen molar-refractivity contribution in [3.05, 3.63) is 54.1 Å². The van der Waals surface area contributed by atoms with Crippen molar-refractivity contribution in [1.29, 1.82) is 0 Å². The second kappa shape index (κ2) is 9.16. The lowest BCUT2D eigenvalue weighted by Gasteiger charge is -2.21. The molecule has 2 N–H and O–H groups in total. The lowest BCUT2D eigenvalue weighted by atomic mass is 10.2. The van der Waals surface area contributed by atoms with E-state index in [1.54, 1.807) is 21.3 Å². The Morgan fingerprint density at radius 1 is 1.11 bits per heavy atom. The van der Waals surface area contributed by atoms with Crippen LogP contribution in [0.5, 0.6) is 11.5 Å². The molecule has 1 heterocycles. The molecule has 1 fully saturated rings. The highest BCUT2D eigenvalue weighted by Crippen LogP contribution is 2.30. The van der Waals surface area contributed by atoms with Crippen LogP contribution in [0.1, 0.15) is 12.0 Å². The fourth-order valence-corrected chi connectivity index (χ4v) is 3.26. The Bertz CT molecular complexity index is 742. The summed E-state index contributed by atoms with van der Waals surface area (Å²) < 4.78 is 10.8. The molecule has 1 aliphatic heterocycles. The molecule has 0 radical (unpaired) electrons. The molecule has 1 aliphatic rings. The summed E-state index contributed by atoms with van der Waals surface area (Å²) in [5.74, 6) is 2.44. The van der Waals surface area contributed by atoms with E-state index in [2.05, 4.69) is 32.7 Å². The van der Waals surface area contributed by atoms with Crippen molar-refractivity contribution in [2.45, 2.75) is 19.0 Å². The van der Waals surface area contributed by atoms with Crippen molar-refractivity contribution >= 4 is 11.6 Å². The Kier molecular flexibility index (Phi) is 6.41. The third-order valence-electron chi connectivity index (χ3n) is 4.76. The van der Waals surface area contributed by atoms with E-state index in [1.807, 2.05) is 36.4 Å². The van der Waals surface area contributed by atoms with Gasteiger partial charge in [-0.25, -0.2) is 0 Å². The molecule has 1 saturated heterocycles. The monoisotopic (exact) mass is 368 g/mol. The minimum absolute atomic E-state index is 0.337. The van der Waals surface area contributed by atoms with Crippen LogP contribution in [-0.4, -0.2) is 46.4 Å². The minimum Gasteiger partial charge on any atom is -0.497 e. The van der Waals surface area contributed by atoms with Gasteiger partial charge in [-0.2, -0.15) is 0 Å². The van der Waals surface area contributed by atoms with E-state index < -0.39 is 0 Å². The molecule has 1 atom stereocenters. The van der Waals surface area contributed by atoms with Gasteiger partial charge in [0, 0.05) is 56.6 Å². The van der Waals surface area contributed by atoms with E-state index in [-0.39, 0.29) is 0 Å². The lowest BCUT2D eigenvalue weighted by Crippen LogP contribution is -2.44. The number of benzene rings is 2. The number of anilines is 1. The van der Waals surface area contributed by atoms with Crippen molar-refractivity contribution in [1.82, 2.24) is 10.6 Å². The molecule has 6 nitrogen and oxygen atoms in total. The van der Waals surface area contributed by atoms with Crippen molar-refractivity contribution in [3.63, 3.8) is 0 Å². The van der Waals surface area contributed by atoms with Crippen molar-refractivity contribution in [2.24, 2.45) is 4.99 Å². The summed E-state index contributed by atoms with van der Waals surface area (Å²) in [6.07, 6.45) is 1.05. The van der Waals surface area contributed by atoms with Gasteiger partial charge in [-0.1, -0.05) is 30.3 Å². The third kappa shape index (κ3) is 5.06. The van der Waals surface area contributed by atoms with Crippen LogP contribution in [-0.2, 0) is 6.54 Å². The van der Waals surface area contributed by atoms with Crippen LogP contribution < -0.4 is 25.0 Å². The number of nitrogens with one attached hydrogen (secondary N) is 2. The third-order valence-corrected chi connectivity index (χ3v) is 4.76. The molecule has 2 aromatic rings. The van der Waals surface area contributed by atoms with Crippen molar-refractivity contribution in [3.8, 4) is 11.5 Å². The number of hydrogen-bond acceptors (Lipinski definition) is 4. The van der Waals surface area contributed by atoms with Crippen LogP contribution in [0.3, 0.4) is 0 Å². The molecule has 27 heavy (non-hydrogen) atoms. The van der Waals surface area contributed by atoms with Crippen LogP contribution in [0.15, 0.2) is 53.5 Å². The molecule has 0 bridgehead atoms. The second-order valence-electron chi connectivity index (χ2n) is 6.56. The summed E-state index contributed by atoms with van der Waals surface area (Å²) in [6, 6.07) is 16.7. The molecule has 0 amide bonds. The van der Waals surface area contributed by atoms with E-state index >= 15 is 0 Å². The summed E-state index contributed by atoms with van der Waals surface area (Å²) in [7, 11) is 5.16. The maximum absolute atomic E-state index is 5.39. The number of guanidine groups is 1. The van der Waals surface area contributed by atoms with Crippen LogP contribution in [0.2, 0.25) is 0 Å². The van der Waals surface area contributed by atoms with Gasteiger partial charge in [0.05, 0.1) is 14.2 Å². The molecule has 0 aromatic heterocycles. The summed E-state index contributed by atoms with van der Waals surface area (Å²) in [5.41, 5.74) is 2.35. The second-order valence-corrected chi connectivity index (χ2v) is 6.56. The summed E-state index contributed by atoms with van der Waals surface area (Å²) in [5, 5.41) is 6.91. The number of rotatable bonds is 6. The number of ether oxygens (including phenoxy) is 2. The standard InChI is InChI=1S/C21H28N4O2/c1-22-21(23-14-16-7-5-4-6-8-16)24-17-9-10-25(15-17)18-11-19(26-2)13-20(12-18)27-3/h4-8,11-13,17H,9-10,14-15H2,1-3H3,(H2,22,23,24). The average molecular weight is 368 g/mol. The van der Waals surface area contributed by atoms with E-state index in [0.29, 0.717) is 6.04 Å². The fraction of sp³-hybridized carbons (Fsp3) is 0.381. The Hall–Kier alpha value is -2.89. The highest BCUT2D eigenvalue weighted by Gasteiger charge is 2.24. The van der Waals surface area contributed by atoms with Gasteiger partial charge in [0.2, 0.25) is 0 Å². The maximum atomic E-state index is 5.39. The van der Waals surface area contributed by atoms with Gasteiger partial charge in [0.25, 0.3) is 0 Å². The zero-order chi connectivity index (χ0) is 19.1. The van der Waals surface area contributed by atoms with Crippen LogP contribution in [0.25, 0.3) is 0 Å². The highest BCUT2D eigenvalue weighted by molar-refractivity contribution is 5.80. The van der Waals surface area contributed by atoms with E-state index in [4.69, 9.17) is 9.47 Å². The lowest BCUT2D eigenvalue weighted by molar-refractivity contribution is 0.394. The largest absolute Gasteiger partial charge is 0.497 e. The van der Waals surface area contributed by atoms with E-state index in [0.717, 1.165) is 49.2 Å². The predicted molar refractivity (Wildman–Crippen MR) is 110 cm³/mol. The molecular formula is C21H28N4O2. The number of nitrogens with zero attached hydrogens (tertiary/aromatic N) is 2. The Labute approximate surface area is 161 Å². The van der Waals surface area contributed by atoms with Crippen LogP contribution >= 0.6 is 0 Å². The zero-order valence-electron chi connectivity index (χ0n) is 16.2. The topological polar surface area (TPSA) is 58.1 Å². The first kappa shape index (κ1) is 18.9. The molecule has 0 aliphatic carbocycles. The van der Waals surface area contributed by atoms with Gasteiger partial charge in [-0.05, 0) is 12.0 Å². The predicted octanol–water partition coefficient (Wildman–Crippen LogP) is 2.65. The molecular weight excluding hydrogens is 340 g/mol. The summed E-state index contributed by atoms with van der Waals surface area (Å²) in [6.45, 7) is 2.63. The Morgan fingerprint density at radius 3 is 2.44 bits per heavy atom. The molecule has 144 valence electrons. The molecule has 6 heteroatoms. The van der Waals surface area contributed by atoms with Gasteiger partial charge < -0.3 is 25.0 Å². The van der Waals surface area contributed by atoms with Crippen LogP contribution in [0, 0.1) is 0 Å². The fourth-order valence-electron chi connectivity index (χ4n) is 3.26. The molecule has 0 saturated carbocycles. The SMILES string of the molecule is CN=C(NCc1ccccc1)NC1CCN(c2cc(OC)cc(OC)c2)C1. The first-order valence-electron chi connectivity index (χ1n) is 9.21. The quantitative estimate of drug-likeness (QED) is 0.606. The van der Waals surface area contributed by atoms with Crippen molar-refractivity contribution in [2.75, 3.05) is 39.3 Å². The minimum atomic E-state index is 0.337. The van der Waals surface area contributed by atoms with Crippen molar-refractivity contribution < 1.29 is 9.47 Å². The van der Waals surface area contributed by atoms with E-state index in [1.165, 1.54) is 5.56 Å². The Morgan fingerprint density at radius 2 is 1.81 bits per heavy atom. The highest BCUT2D eigenvalue weighted by atomic mass is 16.5. The maximum Gasteiger partial charge on any atom is 0.191 e. The molecule has 3 rings (SSSR count). The summed E-state index contributed by atoms with van der Waals surface area (Å²) in [4.78, 5) is 6.70. The van der Waals surface area contributed by atoms with Crippen LogP contribution in [0.4, 0.5) is 5.69 Å². The zero-order valence-corrected chi connectivity index (χ0v) is 16.2. The van der Waals surface area contributed by atoms with Gasteiger partial charge >= 0.3 is 0 Å². The first-order chi connectivity index (χ1) is 13.2. The number of hydrogen-bond donors (Lipinski definition) is 2. The first-order valence-corrected chi connectivity index (χ1v) is 9.21. The Balaban J connectivity index is 1.57. The molecule has 1 unspecified atom stereocenters. The molecule has 2 aromatic carbocycles. The molecule has 0 spiro atoms. The average Bonchev–Trinajstić information content (AvgIpc) is 3.20. The smallest absolute Gasteiger partial charge is 0.191 e. The summed E-state index contributed by atoms with van der Waals surface area (Å²) >= 11 is 0. The van der Waals surface area contributed by atoms with Gasteiger partial charge in [-0.15, -0.1) is 0 Å². The van der Waals surface area contributed by atoms with E-state index in [9.17, 15) is 0 Å². The van der Waals surface area contributed by atoms with Gasteiger partial charge in [0.15, 0.2) is 5.96 Å². The normalized spacial score (nSPS) is 16.9.